The standard InChI is InChI=1S/C10H9FN2S2.C2H6/c1-13(10-12-6-7-14-10)15-9-4-2-8(11)3-5-9;1-2/h2-7H,1H3;1-2H3. The predicted octanol–water partition coefficient (Wildman–Crippen LogP) is 4.45. The van der Waals surface area contributed by atoms with E-state index in [4.69, 9.17) is 0 Å². The summed E-state index contributed by atoms with van der Waals surface area (Å²) in [6.45, 7) is 4.00. The predicted molar refractivity (Wildman–Crippen MR) is 74.1 cm³/mol. The first kappa shape index (κ1) is 14.0. The van der Waals surface area contributed by atoms with E-state index in [1.54, 1.807) is 29.7 Å². The van der Waals surface area contributed by atoms with Gasteiger partial charge in [0.2, 0.25) is 0 Å². The van der Waals surface area contributed by atoms with Crippen LogP contribution in [0.1, 0.15) is 13.8 Å². The first-order chi connectivity index (χ1) is 8.25. The molecule has 0 aliphatic carbocycles. The van der Waals surface area contributed by atoms with Crippen molar-refractivity contribution in [2.75, 3.05) is 11.4 Å². The number of nitrogens with zero attached hydrogens (tertiary/aromatic N) is 2. The highest BCUT2D eigenvalue weighted by Gasteiger charge is 2.05. The number of thiazole rings is 1. The maximum Gasteiger partial charge on any atom is 0.195 e. The molecule has 1 aromatic carbocycles. The molecule has 2 rings (SSSR count). The number of halogens is 1. The van der Waals surface area contributed by atoms with Crippen LogP contribution in [0.5, 0.6) is 0 Å². The van der Waals surface area contributed by atoms with Gasteiger partial charge in [0, 0.05) is 23.5 Å². The summed E-state index contributed by atoms with van der Waals surface area (Å²) in [5, 5.41) is 2.86. The molecule has 5 heteroatoms. The van der Waals surface area contributed by atoms with E-state index in [2.05, 4.69) is 4.98 Å². The van der Waals surface area contributed by atoms with Gasteiger partial charge in [-0.15, -0.1) is 11.3 Å². The molecule has 0 fully saturated rings. The van der Waals surface area contributed by atoms with Gasteiger partial charge in [-0.1, -0.05) is 13.8 Å². The third-order valence-corrected chi connectivity index (χ3v) is 3.64. The quantitative estimate of drug-likeness (QED) is 0.766. The Morgan fingerprint density at radius 3 is 2.41 bits per heavy atom. The van der Waals surface area contributed by atoms with E-state index >= 15 is 0 Å². The van der Waals surface area contributed by atoms with Crippen LogP contribution in [0.25, 0.3) is 0 Å². The van der Waals surface area contributed by atoms with Gasteiger partial charge in [-0.3, -0.25) is 4.31 Å². The highest BCUT2D eigenvalue weighted by atomic mass is 32.2. The van der Waals surface area contributed by atoms with Crippen LogP contribution in [0.3, 0.4) is 0 Å². The summed E-state index contributed by atoms with van der Waals surface area (Å²) in [4.78, 5) is 5.17. The molecule has 0 saturated carbocycles. The van der Waals surface area contributed by atoms with Crippen molar-refractivity contribution in [3.63, 3.8) is 0 Å². The van der Waals surface area contributed by atoms with Gasteiger partial charge in [-0.25, -0.2) is 9.37 Å². The molecule has 0 amide bonds. The van der Waals surface area contributed by atoms with Crippen molar-refractivity contribution in [3.8, 4) is 0 Å². The lowest BCUT2D eigenvalue weighted by Crippen LogP contribution is -2.05. The zero-order valence-corrected chi connectivity index (χ0v) is 11.7. The van der Waals surface area contributed by atoms with Crippen LogP contribution < -0.4 is 4.31 Å². The lowest BCUT2D eigenvalue weighted by Gasteiger charge is -2.13. The van der Waals surface area contributed by atoms with E-state index in [1.807, 2.05) is 30.6 Å². The minimum atomic E-state index is -0.212. The van der Waals surface area contributed by atoms with Crippen LogP contribution in [0.2, 0.25) is 0 Å². The Morgan fingerprint density at radius 1 is 1.24 bits per heavy atom. The molecule has 0 saturated heterocycles. The fourth-order valence-electron chi connectivity index (χ4n) is 1.06. The van der Waals surface area contributed by atoms with Crippen molar-refractivity contribution in [3.05, 3.63) is 41.7 Å². The van der Waals surface area contributed by atoms with E-state index in [0.717, 1.165) is 10.0 Å². The lowest BCUT2D eigenvalue weighted by atomic mass is 10.4. The van der Waals surface area contributed by atoms with Crippen LogP contribution in [0.4, 0.5) is 9.52 Å². The van der Waals surface area contributed by atoms with Gasteiger partial charge < -0.3 is 0 Å². The van der Waals surface area contributed by atoms with Gasteiger partial charge in [-0.05, 0) is 36.2 Å². The van der Waals surface area contributed by atoms with Gasteiger partial charge in [0.05, 0.1) is 0 Å². The monoisotopic (exact) mass is 270 g/mol. The summed E-state index contributed by atoms with van der Waals surface area (Å²) >= 11 is 3.10. The maximum atomic E-state index is 12.7. The molecule has 0 atom stereocenters. The van der Waals surface area contributed by atoms with Crippen LogP contribution in [-0.4, -0.2) is 12.0 Å². The molecule has 0 spiro atoms. The van der Waals surface area contributed by atoms with Crippen LogP contribution >= 0.6 is 23.3 Å². The summed E-state index contributed by atoms with van der Waals surface area (Å²) in [5.41, 5.74) is 0. The van der Waals surface area contributed by atoms with Gasteiger partial charge >= 0.3 is 0 Å². The first-order valence-corrected chi connectivity index (χ1v) is 6.98. The zero-order chi connectivity index (χ0) is 12.7. The van der Waals surface area contributed by atoms with Crippen molar-refractivity contribution in [1.29, 1.82) is 0 Å². The van der Waals surface area contributed by atoms with Crippen molar-refractivity contribution < 1.29 is 4.39 Å². The number of hydrogen-bond acceptors (Lipinski definition) is 4. The van der Waals surface area contributed by atoms with Crippen molar-refractivity contribution in [2.24, 2.45) is 0 Å². The second-order valence-corrected chi connectivity index (χ2v) is 4.93. The first-order valence-electron chi connectivity index (χ1n) is 5.32. The maximum absolute atomic E-state index is 12.7. The van der Waals surface area contributed by atoms with E-state index < -0.39 is 0 Å². The molecule has 1 aromatic heterocycles. The average Bonchev–Trinajstić information content (AvgIpc) is 2.88. The molecule has 0 radical (unpaired) electrons. The highest BCUT2D eigenvalue weighted by molar-refractivity contribution is 8.00. The van der Waals surface area contributed by atoms with E-state index in [-0.39, 0.29) is 5.82 Å². The molecular formula is C12H15FN2S2. The van der Waals surface area contributed by atoms with Crippen LogP contribution in [-0.2, 0) is 0 Å². The third-order valence-electron chi connectivity index (χ3n) is 1.74. The normalized spacial score (nSPS) is 9.41. The molecule has 0 aliphatic heterocycles. The van der Waals surface area contributed by atoms with Crippen molar-refractivity contribution in [2.45, 2.75) is 18.7 Å². The molecular weight excluding hydrogens is 255 g/mol. The molecule has 2 nitrogen and oxygen atoms in total. The number of rotatable bonds is 3. The molecule has 17 heavy (non-hydrogen) atoms. The van der Waals surface area contributed by atoms with E-state index in [1.165, 1.54) is 24.1 Å². The Hall–Kier alpha value is -1.07. The lowest BCUT2D eigenvalue weighted by molar-refractivity contribution is 0.626. The summed E-state index contributed by atoms with van der Waals surface area (Å²) < 4.78 is 14.6. The Bertz CT molecular complexity index is 415. The Kier molecular flexibility index (Phi) is 6.00. The van der Waals surface area contributed by atoms with Crippen molar-refractivity contribution >= 4 is 28.4 Å². The smallest absolute Gasteiger partial charge is 0.195 e. The second-order valence-electron chi connectivity index (χ2n) is 2.86. The fraction of sp³-hybridized carbons (Fsp3) is 0.250. The molecule has 1 heterocycles. The number of aromatic nitrogens is 1. The van der Waals surface area contributed by atoms with Gasteiger partial charge in [-0.2, -0.15) is 0 Å². The minimum absolute atomic E-state index is 0.212. The topological polar surface area (TPSA) is 16.1 Å². The Balaban J connectivity index is 0.000000686. The summed E-state index contributed by atoms with van der Waals surface area (Å²) in [7, 11) is 1.94. The fourth-order valence-corrected chi connectivity index (χ4v) is 2.52. The largest absolute Gasteiger partial charge is 0.291 e. The zero-order valence-electron chi connectivity index (χ0n) is 10.1. The Labute approximate surface area is 110 Å². The number of benzene rings is 1. The van der Waals surface area contributed by atoms with Crippen LogP contribution in [0, 0.1) is 5.82 Å². The van der Waals surface area contributed by atoms with Crippen molar-refractivity contribution in [1.82, 2.24) is 4.98 Å². The van der Waals surface area contributed by atoms with Gasteiger partial charge in [0.15, 0.2) is 5.13 Å². The number of anilines is 1. The third kappa shape index (κ3) is 4.36. The molecule has 0 N–H and O–H groups in total. The number of hydrogen-bond donors (Lipinski definition) is 0. The second kappa shape index (κ2) is 7.29. The SMILES string of the molecule is CC.CN(Sc1ccc(F)cc1)c1nccs1. The molecule has 92 valence electrons. The summed E-state index contributed by atoms with van der Waals surface area (Å²) in [5.74, 6) is -0.212. The molecule has 0 unspecified atom stereocenters. The minimum Gasteiger partial charge on any atom is -0.291 e. The Morgan fingerprint density at radius 2 is 1.88 bits per heavy atom. The van der Waals surface area contributed by atoms with E-state index in [0.29, 0.717) is 0 Å². The summed E-state index contributed by atoms with van der Waals surface area (Å²) in [6, 6.07) is 6.42. The highest BCUT2D eigenvalue weighted by Crippen LogP contribution is 2.28. The average molecular weight is 270 g/mol. The van der Waals surface area contributed by atoms with Crippen LogP contribution in [0.15, 0.2) is 40.7 Å². The van der Waals surface area contributed by atoms with Gasteiger partial charge in [0.25, 0.3) is 0 Å². The molecule has 0 aliphatic rings. The molecule has 0 bridgehead atoms. The van der Waals surface area contributed by atoms with E-state index in [9.17, 15) is 4.39 Å². The molecule has 2 aromatic rings. The summed E-state index contributed by atoms with van der Waals surface area (Å²) in [6.07, 6.45) is 1.77. The van der Waals surface area contributed by atoms with Gasteiger partial charge in [0.1, 0.15) is 5.82 Å².